The first-order valence-corrected chi connectivity index (χ1v) is 15.6. The third-order valence-corrected chi connectivity index (χ3v) is 12.7. The van der Waals surface area contributed by atoms with Crippen molar-refractivity contribution in [2.24, 2.45) is 52.3 Å². The summed E-state index contributed by atoms with van der Waals surface area (Å²) in [5, 5.41) is 35.2. The van der Waals surface area contributed by atoms with Crippen molar-refractivity contribution in [1.29, 1.82) is 0 Å². The molecule has 0 heterocycles. The number of ether oxygens (including phenoxy) is 1. The van der Waals surface area contributed by atoms with Gasteiger partial charge in [0.15, 0.2) is 0 Å². The van der Waals surface area contributed by atoms with Gasteiger partial charge in [0.25, 0.3) is 0 Å². The van der Waals surface area contributed by atoms with Crippen LogP contribution in [0.3, 0.4) is 0 Å². The molecule has 2 unspecified atom stereocenters. The standard InChI is InChI=1S/C31H53NO5/c1-5-20-24-17-19(33)11-14-31(24,4)23-12-15-30(3)21(9-10-22(30)27(23)28(20)35)18(2)13-16-37-29(36)32-25-7-6-8-26(25)34/h18-28,33-35H,5-17H2,1-4H3,(H,32,36)/t18-,19-,20-,21-,22+,23+,24+,25?,26?,27+,28-,30-,31-/m1/s1. The number of aliphatic hydroxyl groups is 3. The van der Waals surface area contributed by atoms with E-state index in [0.717, 1.165) is 51.4 Å². The molecule has 13 atom stereocenters. The zero-order valence-corrected chi connectivity index (χ0v) is 23.7. The molecule has 0 radical (unpaired) electrons. The number of fused-ring (bicyclic) bond motifs is 5. The Hall–Kier alpha value is -0.850. The van der Waals surface area contributed by atoms with E-state index in [2.05, 4.69) is 33.0 Å². The number of aliphatic hydroxyl groups excluding tert-OH is 3. The Morgan fingerprint density at radius 2 is 1.70 bits per heavy atom. The maximum atomic E-state index is 12.3. The molecule has 0 aliphatic heterocycles. The minimum atomic E-state index is -0.448. The van der Waals surface area contributed by atoms with Crippen molar-refractivity contribution in [2.45, 2.75) is 129 Å². The zero-order chi connectivity index (χ0) is 26.5. The smallest absolute Gasteiger partial charge is 0.407 e. The highest BCUT2D eigenvalue weighted by Crippen LogP contribution is 2.69. The van der Waals surface area contributed by atoms with Gasteiger partial charge < -0.3 is 25.4 Å². The van der Waals surface area contributed by atoms with E-state index in [-0.39, 0.29) is 29.1 Å². The van der Waals surface area contributed by atoms with E-state index in [1.54, 1.807) is 0 Å². The maximum absolute atomic E-state index is 12.3. The number of carbonyl (C=O) groups excluding carboxylic acids is 1. The van der Waals surface area contributed by atoms with Crippen LogP contribution in [0.2, 0.25) is 0 Å². The van der Waals surface area contributed by atoms with Crippen LogP contribution in [0.5, 0.6) is 0 Å². The Morgan fingerprint density at radius 1 is 0.973 bits per heavy atom. The molecule has 5 saturated carbocycles. The lowest BCUT2D eigenvalue weighted by Crippen LogP contribution is -2.62. The van der Waals surface area contributed by atoms with Gasteiger partial charge in [-0.05, 0) is 123 Å². The number of carbonyl (C=O) groups is 1. The summed E-state index contributed by atoms with van der Waals surface area (Å²) < 4.78 is 5.54. The second-order valence-electron chi connectivity index (χ2n) is 14.3. The highest BCUT2D eigenvalue weighted by atomic mass is 16.5. The van der Waals surface area contributed by atoms with E-state index < -0.39 is 12.2 Å². The zero-order valence-electron chi connectivity index (χ0n) is 23.7. The molecule has 37 heavy (non-hydrogen) atoms. The average molecular weight is 520 g/mol. The molecule has 0 bridgehead atoms. The van der Waals surface area contributed by atoms with Crippen LogP contribution in [-0.4, -0.2) is 52.4 Å². The quantitative estimate of drug-likeness (QED) is 0.383. The molecular formula is C31H53NO5. The summed E-state index contributed by atoms with van der Waals surface area (Å²) in [4.78, 5) is 12.3. The van der Waals surface area contributed by atoms with Crippen molar-refractivity contribution in [1.82, 2.24) is 5.32 Å². The molecular weight excluding hydrogens is 466 g/mol. The second-order valence-corrected chi connectivity index (χ2v) is 14.3. The van der Waals surface area contributed by atoms with Crippen molar-refractivity contribution < 1.29 is 24.9 Å². The third kappa shape index (κ3) is 4.75. The number of rotatable bonds is 6. The fraction of sp³-hybridized carbons (Fsp3) is 0.968. The molecule has 212 valence electrons. The SMILES string of the molecule is CC[C@H]1[C@@H](O)[C@@H]2[C@H](CC[C@]3(C)[C@@H]([C@H](C)CCOC(=O)NC4CCCC4O)CC[C@@H]23)[C@@]2(C)CC[C@@H](O)C[C@@H]12. The lowest BCUT2D eigenvalue weighted by molar-refractivity contribution is -0.203. The number of nitrogens with one attached hydrogen (secondary N) is 1. The van der Waals surface area contributed by atoms with Gasteiger partial charge in [-0.1, -0.05) is 34.1 Å². The molecule has 0 aromatic rings. The summed E-state index contributed by atoms with van der Waals surface area (Å²) in [6.07, 6.45) is 10.8. The predicted molar refractivity (Wildman–Crippen MR) is 144 cm³/mol. The third-order valence-electron chi connectivity index (χ3n) is 12.7. The molecule has 6 heteroatoms. The predicted octanol–water partition coefficient (Wildman–Crippen LogP) is 5.28. The van der Waals surface area contributed by atoms with E-state index in [4.69, 9.17) is 4.74 Å². The fourth-order valence-electron chi connectivity index (χ4n) is 10.8. The summed E-state index contributed by atoms with van der Waals surface area (Å²) >= 11 is 0. The highest BCUT2D eigenvalue weighted by molar-refractivity contribution is 5.67. The van der Waals surface area contributed by atoms with Crippen molar-refractivity contribution in [3.8, 4) is 0 Å². The first-order valence-electron chi connectivity index (χ1n) is 15.6. The second kappa shape index (κ2) is 10.6. The molecule has 5 aliphatic rings. The van der Waals surface area contributed by atoms with E-state index in [0.29, 0.717) is 48.0 Å². The number of amides is 1. The lowest BCUT2D eigenvalue weighted by Gasteiger charge is -2.64. The van der Waals surface area contributed by atoms with Gasteiger partial charge in [0.2, 0.25) is 0 Å². The molecule has 5 rings (SSSR count). The summed E-state index contributed by atoms with van der Waals surface area (Å²) in [5.41, 5.74) is 0.469. The van der Waals surface area contributed by atoms with Gasteiger partial charge in [-0.2, -0.15) is 0 Å². The molecule has 4 N–H and O–H groups in total. The Balaban J connectivity index is 1.23. The highest BCUT2D eigenvalue weighted by Gasteiger charge is 2.64. The van der Waals surface area contributed by atoms with Gasteiger partial charge in [-0.25, -0.2) is 4.79 Å². The van der Waals surface area contributed by atoms with Gasteiger partial charge in [-0.3, -0.25) is 0 Å². The van der Waals surface area contributed by atoms with Crippen molar-refractivity contribution in [3.05, 3.63) is 0 Å². The Bertz CT molecular complexity index is 821. The van der Waals surface area contributed by atoms with Gasteiger partial charge in [0, 0.05) is 0 Å². The number of alkyl carbamates (subject to hydrolysis) is 1. The number of hydrogen-bond donors (Lipinski definition) is 4. The number of hydrogen-bond acceptors (Lipinski definition) is 5. The van der Waals surface area contributed by atoms with E-state index in [1.165, 1.54) is 25.7 Å². The molecule has 0 saturated heterocycles. The van der Waals surface area contributed by atoms with Gasteiger partial charge in [0.1, 0.15) is 0 Å². The van der Waals surface area contributed by atoms with Crippen molar-refractivity contribution >= 4 is 6.09 Å². The Kier molecular flexibility index (Phi) is 7.95. The Labute approximate surface area is 224 Å². The summed E-state index contributed by atoms with van der Waals surface area (Å²) in [7, 11) is 0. The van der Waals surface area contributed by atoms with Crippen molar-refractivity contribution in [3.63, 3.8) is 0 Å². The van der Waals surface area contributed by atoms with Crippen LogP contribution >= 0.6 is 0 Å². The molecule has 6 nitrogen and oxygen atoms in total. The first-order chi connectivity index (χ1) is 17.6. The average Bonchev–Trinajstić information content (AvgIpc) is 3.42. The molecule has 0 aromatic heterocycles. The van der Waals surface area contributed by atoms with Crippen LogP contribution in [0.4, 0.5) is 4.79 Å². The molecule has 5 fully saturated rings. The van der Waals surface area contributed by atoms with Crippen LogP contribution in [0.1, 0.15) is 105 Å². The van der Waals surface area contributed by atoms with Crippen LogP contribution < -0.4 is 5.32 Å². The lowest BCUT2D eigenvalue weighted by atomic mass is 9.41. The summed E-state index contributed by atoms with van der Waals surface area (Å²) in [5.74, 6) is 3.28. The Morgan fingerprint density at radius 3 is 2.41 bits per heavy atom. The summed E-state index contributed by atoms with van der Waals surface area (Å²) in [6.45, 7) is 9.99. The summed E-state index contributed by atoms with van der Waals surface area (Å²) in [6, 6.07) is -0.169. The van der Waals surface area contributed by atoms with Crippen LogP contribution in [0.15, 0.2) is 0 Å². The van der Waals surface area contributed by atoms with E-state index in [1.807, 2.05) is 0 Å². The van der Waals surface area contributed by atoms with Crippen LogP contribution in [0.25, 0.3) is 0 Å². The minimum Gasteiger partial charge on any atom is -0.450 e. The molecule has 0 aromatic carbocycles. The largest absolute Gasteiger partial charge is 0.450 e. The van der Waals surface area contributed by atoms with E-state index in [9.17, 15) is 20.1 Å². The normalized spacial score (nSPS) is 50.0. The first kappa shape index (κ1) is 27.7. The van der Waals surface area contributed by atoms with Crippen LogP contribution in [0, 0.1) is 52.3 Å². The van der Waals surface area contributed by atoms with E-state index >= 15 is 0 Å². The van der Waals surface area contributed by atoms with Gasteiger partial charge in [-0.15, -0.1) is 0 Å². The maximum Gasteiger partial charge on any atom is 0.407 e. The van der Waals surface area contributed by atoms with Crippen molar-refractivity contribution in [2.75, 3.05) is 6.61 Å². The molecule has 1 amide bonds. The fourth-order valence-corrected chi connectivity index (χ4v) is 10.8. The topological polar surface area (TPSA) is 99.0 Å². The molecule has 5 aliphatic carbocycles. The van der Waals surface area contributed by atoms with Gasteiger partial charge >= 0.3 is 6.09 Å². The van der Waals surface area contributed by atoms with Gasteiger partial charge in [0.05, 0.1) is 31.0 Å². The minimum absolute atomic E-state index is 0.169. The van der Waals surface area contributed by atoms with Crippen LogP contribution in [-0.2, 0) is 4.74 Å². The molecule has 0 spiro atoms. The monoisotopic (exact) mass is 519 g/mol.